The number of carbonyl (C=O) groups excluding carboxylic acids is 1. The molecule has 118 valence electrons. The summed E-state index contributed by atoms with van der Waals surface area (Å²) in [5.74, 6) is 1.39. The molecule has 0 aliphatic rings. The minimum Gasteiger partial charge on any atom is -0.493 e. The van der Waals surface area contributed by atoms with E-state index in [2.05, 4.69) is 19.2 Å². The van der Waals surface area contributed by atoms with Crippen molar-refractivity contribution in [3.05, 3.63) is 42.2 Å². The van der Waals surface area contributed by atoms with Crippen molar-refractivity contribution >= 4 is 5.91 Å². The van der Waals surface area contributed by atoms with Crippen LogP contribution in [0.1, 0.15) is 24.2 Å². The number of hydrogen-bond acceptors (Lipinski definition) is 3. The molecule has 0 spiro atoms. The summed E-state index contributed by atoms with van der Waals surface area (Å²) < 4.78 is 12.5. The standard InChI is InChI=1S/C17H22N2O3/c1-12(2)11-18-17(20)13-9-15(21-3)16(22-4)10-14(13)19-7-5-6-8-19/h5-10,12H,11H2,1-4H3,(H,18,20). The van der Waals surface area contributed by atoms with Crippen LogP contribution in [0, 0.1) is 5.92 Å². The predicted molar refractivity (Wildman–Crippen MR) is 86.0 cm³/mol. The number of rotatable bonds is 6. The van der Waals surface area contributed by atoms with Crippen molar-refractivity contribution in [1.29, 1.82) is 0 Å². The summed E-state index contributed by atoms with van der Waals surface area (Å²) in [6, 6.07) is 7.34. The van der Waals surface area contributed by atoms with Crippen LogP contribution in [-0.4, -0.2) is 31.2 Å². The van der Waals surface area contributed by atoms with Gasteiger partial charge in [-0.3, -0.25) is 4.79 Å². The summed E-state index contributed by atoms with van der Waals surface area (Å²) >= 11 is 0. The summed E-state index contributed by atoms with van der Waals surface area (Å²) in [6.07, 6.45) is 3.78. The van der Waals surface area contributed by atoms with Crippen LogP contribution in [0.3, 0.4) is 0 Å². The average Bonchev–Trinajstić information content (AvgIpc) is 3.05. The average molecular weight is 302 g/mol. The molecule has 5 nitrogen and oxygen atoms in total. The molecule has 2 rings (SSSR count). The van der Waals surface area contributed by atoms with E-state index in [1.165, 1.54) is 0 Å². The molecule has 2 aromatic rings. The number of nitrogens with zero attached hydrogens (tertiary/aromatic N) is 1. The molecule has 1 heterocycles. The van der Waals surface area contributed by atoms with E-state index in [1.54, 1.807) is 20.3 Å². The van der Waals surface area contributed by atoms with Gasteiger partial charge in [0.25, 0.3) is 5.91 Å². The summed E-state index contributed by atoms with van der Waals surface area (Å²) in [4.78, 5) is 12.5. The molecular formula is C17H22N2O3. The second-order valence-corrected chi connectivity index (χ2v) is 5.42. The third kappa shape index (κ3) is 3.42. The molecule has 0 unspecified atom stereocenters. The lowest BCUT2D eigenvalue weighted by atomic mass is 10.1. The van der Waals surface area contributed by atoms with Gasteiger partial charge < -0.3 is 19.4 Å². The van der Waals surface area contributed by atoms with Gasteiger partial charge in [0, 0.05) is 25.0 Å². The van der Waals surface area contributed by atoms with Gasteiger partial charge in [-0.2, -0.15) is 0 Å². The Kier molecular flexibility index (Phi) is 5.09. The highest BCUT2D eigenvalue weighted by Gasteiger charge is 2.18. The lowest BCUT2D eigenvalue weighted by Gasteiger charge is -2.16. The Balaban J connectivity index is 2.47. The van der Waals surface area contributed by atoms with Crippen LogP contribution in [0.2, 0.25) is 0 Å². The predicted octanol–water partition coefficient (Wildman–Crippen LogP) is 2.88. The van der Waals surface area contributed by atoms with Crippen molar-refractivity contribution in [3.8, 4) is 17.2 Å². The van der Waals surface area contributed by atoms with Crippen LogP contribution in [0.15, 0.2) is 36.7 Å². The summed E-state index contributed by atoms with van der Waals surface area (Å²) in [5.41, 5.74) is 1.30. The molecule has 0 saturated heterocycles. The maximum Gasteiger partial charge on any atom is 0.253 e. The van der Waals surface area contributed by atoms with E-state index in [0.717, 1.165) is 5.69 Å². The first-order valence-electron chi connectivity index (χ1n) is 7.24. The quantitative estimate of drug-likeness (QED) is 0.892. The van der Waals surface area contributed by atoms with Gasteiger partial charge in [0.1, 0.15) is 0 Å². The summed E-state index contributed by atoms with van der Waals surface area (Å²) in [6.45, 7) is 4.74. The highest BCUT2D eigenvalue weighted by atomic mass is 16.5. The second kappa shape index (κ2) is 7.02. The number of methoxy groups -OCH3 is 2. The zero-order chi connectivity index (χ0) is 16.1. The molecule has 1 N–H and O–H groups in total. The molecule has 0 atom stereocenters. The highest BCUT2D eigenvalue weighted by Crippen LogP contribution is 2.32. The molecule has 0 aliphatic carbocycles. The maximum atomic E-state index is 12.5. The number of amides is 1. The third-order valence-electron chi connectivity index (χ3n) is 3.30. The zero-order valence-electron chi connectivity index (χ0n) is 13.4. The first-order chi connectivity index (χ1) is 10.6. The minimum absolute atomic E-state index is 0.127. The van der Waals surface area contributed by atoms with Gasteiger partial charge in [0.05, 0.1) is 25.5 Å². The SMILES string of the molecule is COc1cc(C(=O)NCC(C)C)c(-n2cccc2)cc1OC. The van der Waals surface area contributed by atoms with E-state index >= 15 is 0 Å². The summed E-state index contributed by atoms with van der Waals surface area (Å²) in [7, 11) is 3.14. The zero-order valence-corrected chi connectivity index (χ0v) is 13.4. The van der Waals surface area contributed by atoms with E-state index in [9.17, 15) is 4.79 Å². The van der Waals surface area contributed by atoms with Gasteiger partial charge in [-0.15, -0.1) is 0 Å². The van der Waals surface area contributed by atoms with Gasteiger partial charge in [-0.1, -0.05) is 13.8 Å². The molecule has 22 heavy (non-hydrogen) atoms. The number of aromatic nitrogens is 1. The van der Waals surface area contributed by atoms with Crippen molar-refractivity contribution < 1.29 is 14.3 Å². The van der Waals surface area contributed by atoms with Crippen LogP contribution in [0.25, 0.3) is 5.69 Å². The first kappa shape index (κ1) is 15.9. The van der Waals surface area contributed by atoms with Crippen molar-refractivity contribution in [3.63, 3.8) is 0 Å². The molecule has 0 fully saturated rings. The Hall–Kier alpha value is -2.43. The molecule has 5 heteroatoms. The fourth-order valence-electron chi connectivity index (χ4n) is 2.15. The Labute approximate surface area is 130 Å². The van der Waals surface area contributed by atoms with Gasteiger partial charge in [0.15, 0.2) is 11.5 Å². The van der Waals surface area contributed by atoms with Gasteiger partial charge in [-0.05, 0) is 24.1 Å². The smallest absolute Gasteiger partial charge is 0.253 e. The van der Waals surface area contributed by atoms with Crippen LogP contribution < -0.4 is 14.8 Å². The molecule has 1 aromatic heterocycles. The summed E-state index contributed by atoms with van der Waals surface area (Å²) in [5, 5.41) is 2.94. The Bertz CT molecular complexity index is 634. The van der Waals surface area contributed by atoms with Crippen LogP contribution in [-0.2, 0) is 0 Å². The maximum absolute atomic E-state index is 12.5. The van der Waals surface area contributed by atoms with Crippen LogP contribution in [0.4, 0.5) is 0 Å². The second-order valence-electron chi connectivity index (χ2n) is 5.42. The molecule has 0 aliphatic heterocycles. The third-order valence-corrected chi connectivity index (χ3v) is 3.30. The fourth-order valence-corrected chi connectivity index (χ4v) is 2.15. The normalized spacial score (nSPS) is 10.6. The minimum atomic E-state index is -0.127. The largest absolute Gasteiger partial charge is 0.493 e. The molecule has 0 saturated carbocycles. The lowest BCUT2D eigenvalue weighted by molar-refractivity contribution is 0.0948. The molecular weight excluding hydrogens is 280 g/mol. The van der Waals surface area contributed by atoms with Crippen molar-refractivity contribution in [2.45, 2.75) is 13.8 Å². The first-order valence-corrected chi connectivity index (χ1v) is 7.24. The fraction of sp³-hybridized carbons (Fsp3) is 0.353. The van der Waals surface area contributed by atoms with Gasteiger partial charge in [0.2, 0.25) is 0 Å². The molecule has 0 bridgehead atoms. The Morgan fingerprint density at radius 2 is 1.73 bits per heavy atom. The number of ether oxygens (including phenoxy) is 2. The Morgan fingerprint density at radius 1 is 1.14 bits per heavy atom. The van der Waals surface area contributed by atoms with E-state index in [4.69, 9.17) is 9.47 Å². The monoisotopic (exact) mass is 302 g/mol. The highest BCUT2D eigenvalue weighted by molar-refractivity contribution is 5.98. The van der Waals surface area contributed by atoms with Crippen LogP contribution in [0.5, 0.6) is 11.5 Å². The van der Waals surface area contributed by atoms with E-state index < -0.39 is 0 Å². The molecule has 0 radical (unpaired) electrons. The number of benzene rings is 1. The number of carbonyl (C=O) groups is 1. The number of nitrogens with one attached hydrogen (secondary N) is 1. The topological polar surface area (TPSA) is 52.5 Å². The lowest BCUT2D eigenvalue weighted by Crippen LogP contribution is -2.28. The van der Waals surface area contributed by atoms with Crippen molar-refractivity contribution in [2.24, 2.45) is 5.92 Å². The van der Waals surface area contributed by atoms with Crippen LogP contribution >= 0.6 is 0 Å². The van der Waals surface area contributed by atoms with Gasteiger partial charge >= 0.3 is 0 Å². The molecule has 1 aromatic carbocycles. The number of hydrogen-bond donors (Lipinski definition) is 1. The molecule has 1 amide bonds. The van der Waals surface area contributed by atoms with Crippen molar-refractivity contribution in [1.82, 2.24) is 9.88 Å². The van der Waals surface area contributed by atoms with E-state index in [0.29, 0.717) is 29.5 Å². The Morgan fingerprint density at radius 3 is 2.27 bits per heavy atom. The van der Waals surface area contributed by atoms with Crippen molar-refractivity contribution in [2.75, 3.05) is 20.8 Å². The van der Waals surface area contributed by atoms with E-state index in [-0.39, 0.29) is 5.91 Å². The van der Waals surface area contributed by atoms with Gasteiger partial charge in [-0.25, -0.2) is 0 Å². The van der Waals surface area contributed by atoms with E-state index in [1.807, 2.05) is 35.2 Å².